The first-order chi connectivity index (χ1) is 14.4. The summed E-state index contributed by atoms with van der Waals surface area (Å²) in [6.45, 7) is -0.0146. The van der Waals surface area contributed by atoms with Gasteiger partial charge in [-0.25, -0.2) is 0 Å². The molecule has 9 heteroatoms. The second kappa shape index (κ2) is 8.14. The topological polar surface area (TPSA) is 102 Å². The van der Waals surface area contributed by atoms with Crippen molar-refractivity contribution in [1.82, 2.24) is 0 Å². The molecule has 0 saturated carbocycles. The molecule has 2 aromatic heterocycles. The van der Waals surface area contributed by atoms with Gasteiger partial charge < -0.3 is 28.2 Å². The minimum Gasteiger partial charge on any atom is -0.542 e. The maximum atomic E-state index is 12.7. The number of hydrogen-bond donors (Lipinski definition) is 0. The van der Waals surface area contributed by atoms with E-state index in [9.17, 15) is 14.7 Å². The van der Waals surface area contributed by atoms with E-state index in [2.05, 4.69) is 0 Å². The van der Waals surface area contributed by atoms with Gasteiger partial charge in [0.1, 0.15) is 47.4 Å². The van der Waals surface area contributed by atoms with Crippen LogP contribution >= 0.6 is 23.2 Å². The number of furan rings is 1. The zero-order valence-electron chi connectivity index (χ0n) is 15.0. The van der Waals surface area contributed by atoms with Crippen molar-refractivity contribution in [2.24, 2.45) is 0 Å². The molecule has 2 heterocycles. The van der Waals surface area contributed by atoms with Gasteiger partial charge in [-0.15, -0.1) is 0 Å². The minimum absolute atomic E-state index is 0.0146. The average molecular weight is 446 g/mol. The summed E-state index contributed by atoms with van der Waals surface area (Å²) >= 11 is 11.9. The molecule has 0 radical (unpaired) electrons. The number of fused-ring (bicyclic) bond motifs is 1. The number of ether oxygens (including phenoxy) is 2. The highest BCUT2D eigenvalue weighted by Gasteiger charge is 2.12. The van der Waals surface area contributed by atoms with Crippen molar-refractivity contribution in [3.05, 3.63) is 86.6 Å². The van der Waals surface area contributed by atoms with Crippen molar-refractivity contribution in [2.75, 3.05) is 0 Å². The number of hydrogen-bond acceptors (Lipinski definition) is 7. The van der Waals surface area contributed by atoms with Gasteiger partial charge in [0.2, 0.25) is 11.2 Å². The van der Waals surface area contributed by atoms with Gasteiger partial charge in [0.15, 0.2) is 0 Å². The first kappa shape index (κ1) is 19.9. The van der Waals surface area contributed by atoms with Crippen molar-refractivity contribution in [1.29, 1.82) is 0 Å². The van der Waals surface area contributed by atoms with Gasteiger partial charge in [0, 0.05) is 11.1 Å². The van der Waals surface area contributed by atoms with Gasteiger partial charge in [-0.1, -0.05) is 23.2 Å². The third-order valence-electron chi connectivity index (χ3n) is 4.07. The summed E-state index contributed by atoms with van der Waals surface area (Å²) in [6, 6.07) is 12.0. The zero-order chi connectivity index (χ0) is 21.3. The summed E-state index contributed by atoms with van der Waals surface area (Å²) in [5, 5.41) is 11.7. The fraction of sp³-hybridized carbons (Fsp3) is 0.0476. The predicted molar refractivity (Wildman–Crippen MR) is 106 cm³/mol. The molecule has 0 fully saturated rings. The monoisotopic (exact) mass is 445 g/mol. The Bertz CT molecular complexity index is 1310. The van der Waals surface area contributed by atoms with Crippen molar-refractivity contribution in [3.8, 4) is 17.2 Å². The molecule has 4 rings (SSSR count). The second-order valence-electron chi connectivity index (χ2n) is 6.11. The second-order valence-corrected chi connectivity index (χ2v) is 6.95. The summed E-state index contributed by atoms with van der Waals surface area (Å²) in [5.41, 5.74) is -0.111. The molecule has 30 heavy (non-hydrogen) atoms. The third-order valence-corrected chi connectivity index (χ3v) is 4.60. The first-order valence-electron chi connectivity index (χ1n) is 8.52. The lowest BCUT2D eigenvalue weighted by molar-refractivity contribution is -0.257. The minimum atomic E-state index is -1.41. The molecule has 152 valence electrons. The Labute approximate surface area is 179 Å². The van der Waals surface area contributed by atoms with Gasteiger partial charge in [-0.3, -0.25) is 4.79 Å². The van der Waals surface area contributed by atoms with Crippen LogP contribution < -0.4 is 20.0 Å². The van der Waals surface area contributed by atoms with Gasteiger partial charge in [-0.05, 0) is 42.5 Å². The molecular weight excluding hydrogens is 435 g/mol. The lowest BCUT2D eigenvalue weighted by atomic mass is 10.2. The van der Waals surface area contributed by atoms with E-state index in [1.807, 2.05) is 0 Å². The Morgan fingerprint density at radius 3 is 2.60 bits per heavy atom. The first-order valence-corrected chi connectivity index (χ1v) is 9.27. The van der Waals surface area contributed by atoms with E-state index in [0.29, 0.717) is 16.5 Å². The fourth-order valence-corrected chi connectivity index (χ4v) is 3.09. The van der Waals surface area contributed by atoms with E-state index in [1.54, 1.807) is 18.2 Å². The van der Waals surface area contributed by atoms with Gasteiger partial charge in [-0.2, -0.15) is 0 Å². The fourth-order valence-electron chi connectivity index (χ4n) is 2.65. The molecule has 0 aliphatic rings. The Morgan fingerprint density at radius 1 is 1.03 bits per heavy atom. The smallest absolute Gasteiger partial charge is 0.235 e. The molecule has 0 saturated heterocycles. The highest BCUT2D eigenvalue weighted by atomic mass is 35.5. The maximum absolute atomic E-state index is 12.7. The predicted octanol–water partition coefficient (Wildman–Crippen LogP) is 4.43. The largest absolute Gasteiger partial charge is 0.542 e. The number of carbonyl (C=O) groups excluding carboxylic acids is 1. The molecule has 0 N–H and O–H groups in total. The van der Waals surface area contributed by atoms with Crippen molar-refractivity contribution in [2.45, 2.75) is 6.61 Å². The quantitative estimate of drug-likeness (QED) is 0.432. The van der Waals surface area contributed by atoms with Crippen LogP contribution in [0.2, 0.25) is 10.0 Å². The molecule has 0 atom stereocenters. The van der Waals surface area contributed by atoms with E-state index in [-0.39, 0.29) is 39.9 Å². The Hall–Kier alpha value is -3.42. The van der Waals surface area contributed by atoms with Crippen LogP contribution in [0.4, 0.5) is 0 Å². The molecular formula is C21H11Cl2O7-. The Morgan fingerprint density at radius 2 is 1.87 bits per heavy atom. The summed E-state index contributed by atoms with van der Waals surface area (Å²) in [5.74, 6) is -0.767. The van der Waals surface area contributed by atoms with Crippen LogP contribution in [-0.4, -0.2) is 5.97 Å². The highest BCUT2D eigenvalue weighted by Crippen LogP contribution is 2.31. The SMILES string of the molecule is O=C([O-])c1ccc(COc2ccc3c(=O)c(Oc4ccc(Cl)cc4Cl)coc3c2)o1. The van der Waals surface area contributed by atoms with Crippen LogP contribution in [0.5, 0.6) is 17.2 Å². The molecule has 4 aromatic rings. The molecule has 0 bridgehead atoms. The van der Waals surface area contributed by atoms with Crippen molar-refractivity contribution in [3.63, 3.8) is 0 Å². The number of aromatic carboxylic acids is 1. The van der Waals surface area contributed by atoms with Crippen LogP contribution in [-0.2, 0) is 6.61 Å². The Kier molecular flexibility index (Phi) is 5.39. The number of carboxylic acid groups (broad SMARTS) is 1. The number of carbonyl (C=O) groups is 1. The molecule has 0 spiro atoms. The van der Waals surface area contributed by atoms with Crippen LogP contribution in [0, 0.1) is 0 Å². The van der Waals surface area contributed by atoms with E-state index in [1.165, 1.54) is 36.6 Å². The summed E-state index contributed by atoms with van der Waals surface area (Å²) in [4.78, 5) is 23.4. The normalized spacial score (nSPS) is 10.9. The number of carboxylic acids is 1. The lowest BCUT2D eigenvalue weighted by Crippen LogP contribution is -2.21. The molecule has 0 unspecified atom stereocenters. The van der Waals surface area contributed by atoms with Crippen LogP contribution in [0.3, 0.4) is 0 Å². The zero-order valence-corrected chi connectivity index (χ0v) is 16.5. The molecule has 0 aliphatic heterocycles. The molecule has 0 aliphatic carbocycles. The third kappa shape index (κ3) is 4.12. The average Bonchev–Trinajstić information content (AvgIpc) is 3.20. The molecule has 0 amide bonds. The maximum Gasteiger partial charge on any atom is 0.235 e. The number of halogens is 2. The van der Waals surface area contributed by atoms with Crippen molar-refractivity contribution >= 4 is 40.1 Å². The highest BCUT2D eigenvalue weighted by molar-refractivity contribution is 6.35. The van der Waals surface area contributed by atoms with Gasteiger partial charge in [0.25, 0.3) is 0 Å². The van der Waals surface area contributed by atoms with E-state index in [0.717, 1.165) is 0 Å². The van der Waals surface area contributed by atoms with E-state index < -0.39 is 11.4 Å². The van der Waals surface area contributed by atoms with Gasteiger partial charge in [0.05, 0.1) is 10.4 Å². The summed E-state index contributed by atoms with van der Waals surface area (Å²) in [6.07, 6.45) is 1.18. The van der Waals surface area contributed by atoms with Crippen LogP contribution in [0.25, 0.3) is 11.0 Å². The summed E-state index contributed by atoms with van der Waals surface area (Å²) < 4.78 is 21.7. The van der Waals surface area contributed by atoms with E-state index >= 15 is 0 Å². The molecule has 2 aromatic carbocycles. The van der Waals surface area contributed by atoms with Crippen molar-refractivity contribution < 1.29 is 28.2 Å². The molecule has 7 nitrogen and oxygen atoms in total. The number of benzene rings is 2. The van der Waals surface area contributed by atoms with Crippen LogP contribution in [0.1, 0.15) is 16.3 Å². The van der Waals surface area contributed by atoms with E-state index in [4.69, 9.17) is 41.5 Å². The van der Waals surface area contributed by atoms with Gasteiger partial charge >= 0.3 is 0 Å². The van der Waals surface area contributed by atoms with Crippen LogP contribution in [0.15, 0.2) is 68.4 Å². The lowest BCUT2D eigenvalue weighted by Gasteiger charge is -2.08. The Balaban J connectivity index is 1.54. The standard InChI is InChI=1S/C21H12Cl2O7/c22-11-1-5-16(15(23)7-11)30-19-10-28-18-8-12(2-4-14(18)20(19)24)27-9-13-3-6-17(29-13)21(25)26/h1-8,10H,9H2,(H,25,26)/p-1. The number of rotatable bonds is 6. The summed E-state index contributed by atoms with van der Waals surface area (Å²) in [7, 11) is 0.